The molecule has 0 bridgehead atoms. The molecule has 6 nitrogen and oxygen atoms in total. The molecule has 0 aliphatic heterocycles. The minimum atomic E-state index is -1.75. The second-order valence-electron chi connectivity index (χ2n) is 5.79. The molecule has 2 aromatic carbocycles. The fourth-order valence-electron chi connectivity index (χ4n) is 2.45. The number of ether oxygens (including phenoxy) is 1. The molecule has 0 saturated heterocycles. The van der Waals surface area contributed by atoms with Gasteiger partial charge in [0.05, 0.1) is 6.21 Å². The first-order valence-corrected chi connectivity index (χ1v) is 8.64. The summed E-state index contributed by atoms with van der Waals surface area (Å²) in [4.78, 5) is 13.7. The van der Waals surface area contributed by atoms with Gasteiger partial charge in [-0.1, -0.05) is 0 Å². The molecular weight excluding hydrogens is 394 g/mol. The van der Waals surface area contributed by atoms with Gasteiger partial charge < -0.3 is 14.7 Å². The largest absolute Gasteiger partial charge is 0.507 e. The summed E-state index contributed by atoms with van der Waals surface area (Å²) in [5.41, 5.74) is 3.13. The first-order chi connectivity index (χ1) is 13.8. The number of aromatic hydroxyl groups is 1. The lowest BCUT2D eigenvalue weighted by Gasteiger charge is -2.21. The van der Waals surface area contributed by atoms with E-state index in [2.05, 4.69) is 9.84 Å². The van der Waals surface area contributed by atoms with Gasteiger partial charge in [0.25, 0.3) is 5.91 Å². The van der Waals surface area contributed by atoms with E-state index in [1.54, 1.807) is 18.2 Å². The number of rotatable bonds is 8. The number of hydrogen-bond acceptors (Lipinski definition) is 5. The van der Waals surface area contributed by atoms with E-state index in [-0.39, 0.29) is 11.8 Å². The van der Waals surface area contributed by atoms with Crippen LogP contribution < -0.4 is 15.1 Å². The Labute approximate surface area is 164 Å². The number of phenols is 1. The molecule has 0 fully saturated rings. The van der Waals surface area contributed by atoms with E-state index in [0.717, 1.165) is 25.0 Å². The topological polar surface area (TPSA) is 74.2 Å². The van der Waals surface area contributed by atoms with Crippen molar-refractivity contribution in [3.8, 4) is 11.5 Å². The third-order valence-corrected chi connectivity index (χ3v) is 3.95. The summed E-state index contributed by atoms with van der Waals surface area (Å²) in [6.07, 6.45) is 1.16. The molecule has 0 saturated carbocycles. The van der Waals surface area contributed by atoms with Gasteiger partial charge in [0.2, 0.25) is 11.6 Å². The predicted octanol–water partition coefficient (Wildman–Crippen LogP) is 3.32. The lowest BCUT2D eigenvalue weighted by molar-refractivity contribution is -0.123. The number of hydrazone groups is 1. The number of halogens is 4. The van der Waals surface area contributed by atoms with E-state index < -0.39 is 41.5 Å². The molecule has 29 heavy (non-hydrogen) atoms. The monoisotopic (exact) mass is 413 g/mol. The van der Waals surface area contributed by atoms with Crippen LogP contribution in [0.25, 0.3) is 0 Å². The number of nitrogens with zero attached hydrogens (tertiary/aromatic N) is 2. The average Bonchev–Trinajstić information content (AvgIpc) is 2.69. The summed E-state index contributed by atoms with van der Waals surface area (Å²) in [6, 6.07) is 4.93. The van der Waals surface area contributed by atoms with Gasteiger partial charge in [-0.3, -0.25) is 4.79 Å². The van der Waals surface area contributed by atoms with Crippen molar-refractivity contribution in [1.82, 2.24) is 5.43 Å². The van der Waals surface area contributed by atoms with Crippen molar-refractivity contribution in [2.75, 3.05) is 24.6 Å². The lowest BCUT2D eigenvalue weighted by Crippen LogP contribution is -2.25. The van der Waals surface area contributed by atoms with Crippen LogP contribution in [0.4, 0.5) is 23.2 Å². The van der Waals surface area contributed by atoms with Gasteiger partial charge in [-0.25, -0.2) is 14.2 Å². The third kappa shape index (κ3) is 5.37. The van der Waals surface area contributed by atoms with E-state index in [4.69, 9.17) is 0 Å². The molecule has 0 radical (unpaired) electrons. The molecule has 2 rings (SSSR count). The van der Waals surface area contributed by atoms with Crippen molar-refractivity contribution in [3.63, 3.8) is 0 Å². The van der Waals surface area contributed by atoms with Crippen molar-refractivity contribution in [1.29, 1.82) is 0 Å². The lowest BCUT2D eigenvalue weighted by atomic mass is 10.2. The summed E-state index contributed by atoms with van der Waals surface area (Å²) in [6.45, 7) is 4.53. The maximum atomic E-state index is 13.5. The number of anilines is 1. The van der Waals surface area contributed by atoms with Crippen LogP contribution in [0.1, 0.15) is 19.4 Å². The maximum absolute atomic E-state index is 13.5. The first kappa shape index (κ1) is 22.0. The van der Waals surface area contributed by atoms with Crippen LogP contribution in [0.5, 0.6) is 11.5 Å². The summed E-state index contributed by atoms with van der Waals surface area (Å²) < 4.78 is 57.6. The van der Waals surface area contributed by atoms with Crippen LogP contribution >= 0.6 is 0 Å². The molecule has 10 heteroatoms. The van der Waals surface area contributed by atoms with E-state index in [0.29, 0.717) is 5.56 Å². The van der Waals surface area contributed by atoms with Gasteiger partial charge in [-0.15, -0.1) is 0 Å². The summed E-state index contributed by atoms with van der Waals surface area (Å²) in [5, 5.41) is 13.6. The number of nitrogens with one attached hydrogen (secondary N) is 1. The number of phenolic OH excluding ortho intramolecular Hbond substituents is 1. The normalized spacial score (nSPS) is 11.0. The Hall–Kier alpha value is -3.30. The Morgan fingerprint density at radius 3 is 2.31 bits per heavy atom. The van der Waals surface area contributed by atoms with Crippen LogP contribution in [-0.2, 0) is 4.79 Å². The molecule has 2 N–H and O–H groups in total. The van der Waals surface area contributed by atoms with Crippen LogP contribution in [0.3, 0.4) is 0 Å². The van der Waals surface area contributed by atoms with E-state index in [9.17, 15) is 27.5 Å². The zero-order valence-electron chi connectivity index (χ0n) is 15.7. The second-order valence-corrected chi connectivity index (χ2v) is 5.79. The molecule has 0 spiro atoms. The number of amides is 1. The molecule has 0 unspecified atom stereocenters. The SMILES string of the molecule is CCN(CC)c1ccc(/C=N\NC(=O)COc2c(F)c(F)cc(F)c2F)c(O)c1. The van der Waals surface area contributed by atoms with Crippen molar-refractivity contribution in [3.05, 3.63) is 53.1 Å². The summed E-state index contributed by atoms with van der Waals surface area (Å²) in [5.74, 6) is -9.16. The van der Waals surface area contributed by atoms with Gasteiger partial charge >= 0.3 is 0 Å². The minimum absolute atomic E-state index is 0.0277. The number of carbonyl (C=O) groups excluding carboxylic acids is 1. The molecule has 0 aliphatic carbocycles. The van der Waals surface area contributed by atoms with Crippen molar-refractivity contribution < 1.29 is 32.2 Å². The van der Waals surface area contributed by atoms with Crippen molar-refractivity contribution >= 4 is 17.8 Å². The summed E-state index contributed by atoms with van der Waals surface area (Å²) >= 11 is 0. The number of carbonyl (C=O) groups is 1. The Kier molecular flexibility index (Phi) is 7.40. The minimum Gasteiger partial charge on any atom is -0.507 e. The van der Waals surface area contributed by atoms with Gasteiger partial charge in [0.1, 0.15) is 5.75 Å². The Balaban J connectivity index is 1.97. The first-order valence-electron chi connectivity index (χ1n) is 8.64. The highest BCUT2D eigenvalue weighted by atomic mass is 19.2. The standard InChI is InChI=1S/C19H19F4N3O3/c1-3-26(4-2)12-6-5-11(15(27)7-12)9-24-25-16(28)10-29-19-17(22)13(20)8-14(21)18(19)23/h5-9,27H,3-4,10H2,1-2H3,(H,25,28)/b24-9-. The van der Waals surface area contributed by atoms with Crippen LogP contribution in [0.15, 0.2) is 29.4 Å². The van der Waals surface area contributed by atoms with Crippen LogP contribution in [0.2, 0.25) is 0 Å². The molecular formula is C19H19F4N3O3. The van der Waals surface area contributed by atoms with E-state index in [1.807, 2.05) is 24.2 Å². The smallest absolute Gasteiger partial charge is 0.277 e. The van der Waals surface area contributed by atoms with Gasteiger partial charge in [0.15, 0.2) is 24.0 Å². The highest BCUT2D eigenvalue weighted by molar-refractivity contribution is 5.86. The number of hydrogen-bond donors (Lipinski definition) is 2. The van der Waals surface area contributed by atoms with Gasteiger partial charge in [-0.2, -0.15) is 13.9 Å². The highest BCUT2D eigenvalue weighted by Crippen LogP contribution is 2.26. The average molecular weight is 413 g/mol. The van der Waals surface area contributed by atoms with E-state index in [1.165, 1.54) is 0 Å². The van der Waals surface area contributed by atoms with Crippen LogP contribution in [-0.4, -0.2) is 36.9 Å². The summed E-state index contributed by atoms with van der Waals surface area (Å²) in [7, 11) is 0. The quantitative estimate of drug-likeness (QED) is 0.301. The maximum Gasteiger partial charge on any atom is 0.277 e. The zero-order chi connectivity index (χ0) is 21.6. The second kappa shape index (κ2) is 9.76. The zero-order valence-corrected chi connectivity index (χ0v) is 15.7. The molecule has 0 aromatic heterocycles. The molecule has 0 atom stereocenters. The van der Waals surface area contributed by atoms with Gasteiger partial charge in [0, 0.05) is 36.5 Å². The van der Waals surface area contributed by atoms with Gasteiger partial charge in [-0.05, 0) is 26.0 Å². The highest BCUT2D eigenvalue weighted by Gasteiger charge is 2.21. The molecule has 0 aliphatic rings. The Morgan fingerprint density at radius 2 is 1.76 bits per heavy atom. The molecule has 0 heterocycles. The fraction of sp³-hybridized carbons (Fsp3) is 0.263. The predicted molar refractivity (Wildman–Crippen MR) is 99.2 cm³/mol. The van der Waals surface area contributed by atoms with Crippen molar-refractivity contribution in [2.45, 2.75) is 13.8 Å². The number of benzene rings is 2. The Bertz CT molecular complexity index is 892. The Morgan fingerprint density at radius 1 is 1.14 bits per heavy atom. The molecule has 1 amide bonds. The molecule has 156 valence electrons. The third-order valence-electron chi connectivity index (χ3n) is 3.95. The molecule has 2 aromatic rings. The fourth-order valence-corrected chi connectivity index (χ4v) is 2.45. The van der Waals surface area contributed by atoms with E-state index >= 15 is 0 Å². The van der Waals surface area contributed by atoms with Crippen molar-refractivity contribution in [2.24, 2.45) is 5.10 Å². The van der Waals surface area contributed by atoms with Crippen LogP contribution in [0, 0.1) is 23.3 Å².